The maximum absolute atomic E-state index is 5.07. The molecule has 3 heterocycles. The number of hydrogen-bond donors (Lipinski definition) is 0. The number of rotatable bonds is 5. The molecule has 0 aliphatic rings. The summed E-state index contributed by atoms with van der Waals surface area (Å²) >= 11 is 0. The average molecular weight is 578 g/mol. The molecule has 0 N–H and O–H groups in total. The molecule has 3 aromatic heterocycles. The standard InChI is InChI=1S/C42H31N3/c1-28-21-22-37(29(2)43-28)35-25-34(26-36(27-35)39-19-11-15-30-12-6-7-18-38(30)39)32-16-10-17-33(24-32)42-41(31-13-4-3-5-14-31)44-40-20-8-9-23-45(40)42/h3-27H,1-2H3. The van der Waals surface area contributed by atoms with Gasteiger partial charge in [0.2, 0.25) is 0 Å². The summed E-state index contributed by atoms with van der Waals surface area (Å²) in [7, 11) is 0. The van der Waals surface area contributed by atoms with Crippen molar-refractivity contribution in [2.45, 2.75) is 13.8 Å². The lowest BCUT2D eigenvalue weighted by Gasteiger charge is -2.15. The van der Waals surface area contributed by atoms with E-state index < -0.39 is 0 Å². The number of benzene rings is 5. The predicted molar refractivity (Wildman–Crippen MR) is 187 cm³/mol. The van der Waals surface area contributed by atoms with Crippen LogP contribution in [0.5, 0.6) is 0 Å². The van der Waals surface area contributed by atoms with Crippen LogP contribution >= 0.6 is 0 Å². The van der Waals surface area contributed by atoms with Crippen LogP contribution in [0.2, 0.25) is 0 Å². The zero-order valence-electron chi connectivity index (χ0n) is 25.3. The van der Waals surface area contributed by atoms with Gasteiger partial charge >= 0.3 is 0 Å². The van der Waals surface area contributed by atoms with Crippen LogP contribution in [0.25, 0.3) is 72.3 Å². The Morgan fingerprint density at radius 3 is 2.00 bits per heavy atom. The first-order valence-corrected chi connectivity index (χ1v) is 15.3. The summed E-state index contributed by atoms with van der Waals surface area (Å²) in [6.45, 7) is 4.15. The Morgan fingerprint density at radius 1 is 0.467 bits per heavy atom. The summed E-state index contributed by atoms with van der Waals surface area (Å²) in [5, 5.41) is 2.48. The number of aryl methyl sites for hydroxylation is 2. The summed E-state index contributed by atoms with van der Waals surface area (Å²) in [5.74, 6) is 0. The van der Waals surface area contributed by atoms with E-state index in [1.54, 1.807) is 0 Å². The van der Waals surface area contributed by atoms with Gasteiger partial charge in [-0.25, -0.2) is 4.98 Å². The molecule has 0 spiro atoms. The van der Waals surface area contributed by atoms with Crippen LogP contribution in [0.1, 0.15) is 11.4 Å². The number of aromatic nitrogens is 3. The lowest BCUT2D eigenvalue weighted by atomic mass is 9.90. The van der Waals surface area contributed by atoms with E-state index in [-0.39, 0.29) is 0 Å². The molecule has 0 atom stereocenters. The second-order valence-electron chi connectivity index (χ2n) is 11.6. The van der Waals surface area contributed by atoms with Crippen LogP contribution in [0.3, 0.4) is 0 Å². The van der Waals surface area contributed by atoms with Gasteiger partial charge in [0.15, 0.2) is 0 Å². The quantitative estimate of drug-likeness (QED) is 0.204. The largest absolute Gasteiger partial charge is 0.299 e. The topological polar surface area (TPSA) is 30.2 Å². The van der Waals surface area contributed by atoms with Crippen molar-refractivity contribution in [3.05, 3.63) is 163 Å². The molecule has 0 amide bonds. The Bertz CT molecular complexity index is 2340. The second kappa shape index (κ2) is 11.0. The van der Waals surface area contributed by atoms with Crippen molar-refractivity contribution in [1.29, 1.82) is 0 Å². The molecule has 8 aromatic rings. The maximum atomic E-state index is 5.07. The number of nitrogens with zero attached hydrogens (tertiary/aromatic N) is 3. The number of imidazole rings is 1. The SMILES string of the molecule is Cc1ccc(-c2cc(-c3cccc(-c4c(-c5ccccc5)nc5ccccn45)c3)cc(-c3cccc4ccccc34)c2)c(C)n1. The third-order valence-corrected chi connectivity index (χ3v) is 8.62. The molecule has 8 rings (SSSR count). The predicted octanol–water partition coefficient (Wildman–Crippen LogP) is 10.8. The smallest absolute Gasteiger partial charge is 0.137 e. The Morgan fingerprint density at radius 2 is 1.13 bits per heavy atom. The minimum atomic E-state index is 0.930. The molecule has 3 nitrogen and oxygen atoms in total. The lowest BCUT2D eigenvalue weighted by Crippen LogP contribution is -1.93. The zero-order valence-corrected chi connectivity index (χ0v) is 25.3. The zero-order chi connectivity index (χ0) is 30.3. The first-order chi connectivity index (χ1) is 22.1. The third-order valence-electron chi connectivity index (χ3n) is 8.62. The second-order valence-corrected chi connectivity index (χ2v) is 11.6. The fraction of sp³-hybridized carbons (Fsp3) is 0.0476. The number of pyridine rings is 2. The lowest BCUT2D eigenvalue weighted by molar-refractivity contribution is 1.13. The van der Waals surface area contributed by atoms with Crippen molar-refractivity contribution >= 4 is 16.4 Å². The van der Waals surface area contributed by atoms with Gasteiger partial charge in [0, 0.05) is 34.3 Å². The van der Waals surface area contributed by atoms with E-state index in [1.165, 1.54) is 21.9 Å². The third kappa shape index (κ3) is 4.89. The average Bonchev–Trinajstić information content (AvgIpc) is 3.48. The van der Waals surface area contributed by atoms with Crippen LogP contribution in [0.4, 0.5) is 0 Å². The molecule has 0 fully saturated rings. The van der Waals surface area contributed by atoms with Crippen molar-refractivity contribution in [3.8, 4) is 55.9 Å². The number of fused-ring (bicyclic) bond motifs is 2. The first-order valence-electron chi connectivity index (χ1n) is 15.3. The summed E-state index contributed by atoms with van der Waals surface area (Å²) < 4.78 is 2.20. The fourth-order valence-corrected chi connectivity index (χ4v) is 6.49. The van der Waals surface area contributed by atoms with E-state index >= 15 is 0 Å². The Balaban J connectivity index is 1.35. The van der Waals surface area contributed by atoms with Gasteiger partial charge in [0.05, 0.1) is 11.4 Å². The van der Waals surface area contributed by atoms with Crippen LogP contribution in [-0.2, 0) is 0 Å². The Labute approximate surface area is 263 Å². The normalized spacial score (nSPS) is 11.3. The van der Waals surface area contributed by atoms with Crippen LogP contribution in [0, 0.1) is 13.8 Å². The minimum Gasteiger partial charge on any atom is -0.299 e. The van der Waals surface area contributed by atoms with Gasteiger partial charge in [-0.1, -0.05) is 103 Å². The van der Waals surface area contributed by atoms with E-state index in [0.717, 1.165) is 61.8 Å². The summed E-state index contributed by atoms with van der Waals surface area (Å²) in [6, 6.07) is 51.9. The highest BCUT2D eigenvalue weighted by molar-refractivity contribution is 5.98. The van der Waals surface area contributed by atoms with Crippen molar-refractivity contribution < 1.29 is 0 Å². The molecule has 0 radical (unpaired) electrons. The van der Waals surface area contributed by atoms with Crippen molar-refractivity contribution in [3.63, 3.8) is 0 Å². The molecule has 0 unspecified atom stereocenters. The van der Waals surface area contributed by atoms with E-state index in [1.807, 2.05) is 19.1 Å². The summed E-state index contributed by atoms with van der Waals surface area (Å²) in [4.78, 5) is 9.88. The highest BCUT2D eigenvalue weighted by Gasteiger charge is 2.17. The Hall–Kier alpha value is -5.80. The molecule has 3 heteroatoms. The van der Waals surface area contributed by atoms with Gasteiger partial charge in [-0.05, 0) is 94.9 Å². The first kappa shape index (κ1) is 26.8. The monoisotopic (exact) mass is 577 g/mol. The maximum Gasteiger partial charge on any atom is 0.137 e. The minimum absolute atomic E-state index is 0.930. The van der Waals surface area contributed by atoms with Crippen LogP contribution in [-0.4, -0.2) is 14.4 Å². The molecule has 0 bridgehead atoms. The molecule has 0 aliphatic heterocycles. The molecule has 0 saturated heterocycles. The Kier molecular flexibility index (Phi) is 6.57. The fourth-order valence-electron chi connectivity index (χ4n) is 6.49. The van der Waals surface area contributed by atoms with Crippen molar-refractivity contribution in [1.82, 2.24) is 14.4 Å². The molecule has 5 aromatic carbocycles. The van der Waals surface area contributed by atoms with Crippen molar-refractivity contribution in [2.24, 2.45) is 0 Å². The summed E-state index contributed by atoms with van der Waals surface area (Å²) in [6.07, 6.45) is 2.10. The van der Waals surface area contributed by atoms with Gasteiger partial charge in [-0.15, -0.1) is 0 Å². The van der Waals surface area contributed by atoms with Gasteiger partial charge in [-0.3, -0.25) is 9.38 Å². The molecule has 45 heavy (non-hydrogen) atoms. The molecule has 0 aliphatic carbocycles. The molecule has 0 saturated carbocycles. The molecular weight excluding hydrogens is 546 g/mol. The van der Waals surface area contributed by atoms with Gasteiger partial charge < -0.3 is 0 Å². The molecular formula is C42H31N3. The van der Waals surface area contributed by atoms with Crippen molar-refractivity contribution in [2.75, 3.05) is 0 Å². The van der Waals surface area contributed by atoms with Gasteiger partial charge in [0.1, 0.15) is 5.65 Å². The molecule has 214 valence electrons. The summed E-state index contributed by atoms with van der Waals surface area (Å²) in [5.41, 5.74) is 14.3. The highest BCUT2D eigenvalue weighted by atomic mass is 15.0. The van der Waals surface area contributed by atoms with Gasteiger partial charge in [-0.2, -0.15) is 0 Å². The highest BCUT2D eigenvalue weighted by Crippen LogP contribution is 2.39. The van der Waals surface area contributed by atoms with E-state index in [4.69, 9.17) is 9.97 Å². The van der Waals surface area contributed by atoms with Crippen LogP contribution in [0.15, 0.2) is 152 Å². The van der Waals surface area contributed by atoms with E-state index in [2.05, 4.69) is 151 Å². The van der Waals surface area contributed by atoms with E-state index in [0.29, 0.717) is 0 Å². The van der Waals surface area contributed by atoms with Crippen LogP contribution < -0.4 is 0 Å². The van der Waals surface area contributed by atoms with E-state index in [9.17, 15) is 0 Å². The number of hydrogen-bond acceptors (Lipinski definition) is 2. The van der Waals surface area contributed by atoms with Gasteiger partial charge in [0.25, 0.3) is 0 Å².